The van der Waals surface area contributed by atoms with Crippen LogP contribution in [0.3, 0.4) is 0 Å². The van der Waals surface area contributed by atoms with E-state index in [0.29, 0.717) is 18.7 Å². The van der Waals surface area contributed by atoms with Gasteiger partial charge in [0.05, 0.1) is 10.9 Å². The first-order valence-corrected chi connectivity index (χ1v) is 11.5. The largest absolute Gasteiger partial charge is 0.345 e. The van der Waals surface area contributed by atoms with Crippen LogP contribution in [0, 0.1) is 0 Å². The van der Waals surface area contributed by atoms with Crippen molar-refractivity contribution >= 4 is 27.7 Å². The van der Waals surface area contributed by atoms with Gasteiger partial charge in [-0.3, -0.25) is 4.79 Å². The lowest BCUT2D eigenvalue weighted by molar-refractivity contribution is 0.0934. The maximum absolute atomic E-state index is 12.8. The molecule has 1 atom stereocenters. The van der Waals surface area contributed by atoms with E-state index in [0.717, 1.165) is 17.7 Å². The van der Waals surface area contributed by atoms with Crippen LogP contribution in [-0.2, 0) is 10.0 Å². The van der Waals surface area contributed by atoms with Crippen LogP contribution in [0.4, 0.5) is 0 Å². The highest BCUT2D eigenvalue weighted by Gasteiger charge is 2.25. The van der Waals surface area contributed by atoms with Crippen LogP contribution in [0.25, 0.3) is 0 Å². The van der Waals surface area contributed by atoms with Crippen molar-refractivity contribution < 1.29 is 13.2 Å². The number of fused-ring (bicyclic) bond motifs is 1. The van der Waals surface area contributed by atoms with Crippen LogP contribution in [0.15, 0.2) is 58.3 Å². The van der Waals surface area contributed by atoms with E-state index in [-0.39, 0.29) is 16.8 Å². The van der Waals surface area contributed by atoms with Crippen molar-refractivity contribution in [3.63, 3.8) is 0 Å². The molecule has 144 valence electrons. The number of sulfonamides is 1. The zero-order valence-electron chi connectivity index (χ0n) is 15.5. The SMILES string of the molecule is CCN(CC)S(=O)(=O)c1cccc(C(=O)NC2CCSc3ccccc32)c1. The first-order valence-electron chi connectivity index (χ1n) is 9.10. The van der Waals surface area contributed by atoms with Crippen molar-refractivity contribution in [2.45, 2.75) is 36.1 Å². The average molecular weight is 405 g/mol. The van der Waals surface area contributed by atoms with E-state index in [1.54, 1.807) is 37.7 Å². The highest BCUT2D eigenvalue weighted by molar-refractivity contribution is 7.99. The molecular weight excluding hydrogens is 380 g/mol. The molecule has 1 unspecified atom stereocenters. The fourth-order valence-corrected chi connectivity index (χ4v) is 5.87. The first-order chi connectivity index (χ1) is 13.0. The molecule has 0 aromatic heterocycles. The van der Waals surface area contributed by atoms with E-state index in [2.05, 4.69) is 11.4 Å². The number of benzene rings is 2. The number of nitrogens with one attached hydrogen (secondary N) is 1. The standard InChI is InChI=1S/C20H24N2O3S2/c1-3-22(4-2)27(24,25)16-9-7-8-15(14-16)20(23)21-18-12-13-26-19-11-6-5-10-17(18)19/h5-11,14,18H,3-4,12-13H2,1-2H3,(H,21,23). The Morgan fingerprint density at radius 3 is 2.63 bits per heavy atom. The molecule has 3 rings (SSSR count). The molecule has 1 N–H and O–H groups in total. The maximum atomic E-state index is 12.8. The number of nitrogens with zero attached hydrogens (tertiary/aromatic N) is 1. The summed E-state index contributed by atoms with van der Waals surface area (Å²) in [5, 5.41) is 3.07. The zero-order valence-corrected chi connectivity index (χ0v) is 17.1. The van der Waals surface area contributed by atoms with E-state index >= 15 is 0 Å². The summed E-state index contributed by atoms with van der Waals surface area (Å²) in [5.74, 6) is 0.691. The van der Waals surface area contributed by atoms with Crippen LogP contribution in [0.2, 0.25) is 0 Å². The van der Waals surface area contributed by atoms with E-state index in [9.17, 15) is 13.2 Å². The van der Waals surface area contributed by atoms with Crippen molar-refractivity contribution in [1.82, 2.24) is 9.62 Å². The topological polar surface area (TPSA) is 66.5 Å². The van der Waals surface area contributed by atoms with Crippen molar-refractivity contribution in [2.24, 2.45) is 0 Å². The van der Waals surface area contributed by atoms with Gasteiger partial charge >= 0.3 is 0 Å². The Morgan fingerprint density at radius 1 is 1.15 bits per heavy atom. The van der Waals surface area contributed by atoms with Gasteiger partial charge in [0.25, 0.3) is 5.91 Å². The molecule has 0 radical (unpaired) electrons. The molecule has 1 aliphatic heterocycles. The monoisotopic (exact) mass is 404 g/mol. The summed E-state index contributed by atoms with van der Waals surface area (Å²) in [6.07, 6.45) is 0.852. The number of hydrogen-bond acceptors (Lipinski definition) is 4. The zero-order chi connectivity index (χ0) is 19.4. The van der Waals surface area contributed by atoms with E-state index in [4.69, 9.17) is 0 Å². The summed E-state index contributed by atoms with van der Waals surface area (Å²) < 4.78 is 26.8. The Balaban J connectivity index is 1.83. The van der Waals surface area contributed by atoms with Crippen molar-refractivity contribution in [3.05, 3.63) is 59.7 Å². The number of carbonyl (C=O) groups excluding carboxylic acids is 1. The Kier molecular flexibility index (Phi) is 6.24. The quantitative estimate of drug-likeness (QED) is 0.797. The molecule has 1 heterocycles. The molecule has 0 saturated carbocycles. The summed E-state index contributed by atoms with van der Waals surface area (Å²) in [6.45, 7) is 4.39. The summed E-state index contributed by atoms with van der Waals surface area (Å²) >= 11 is 1.79. The summed E-state index contributed by atoms with van der Waals surface area (Å²) in [7, 11) is -3.59. The van der Waals surface area contributed by atoms with Crippen LogP contribution < -0.4 is 5.32 Å². The molecule has 0 spiro atoms. The Hall–Kier alpha value is -1.83. The summed E-state index contributed by atoms with van der Waals surface area (Å²) in [5.41, 5.74) is 1.48. The van der Waals surface area contributed by atoms with Crippen LogP contribution in [0.5, 0.6) is 0 Å². The molecule has 0 saturated heterocycles. The molecule has 2 aromatic carbocycles. The maximum Gasteiger partial charge on any atom is 0.251 e. The van der Waals surface area contributed by atoms with Gasteiger partial charge < -0.3 is 5.32 Å². The minimum Gasteiger partial charge on any atom is -0.345 e. The van der Waals surface area contributed by atoms with Crippen LogP contribution >= 0.6 is 11.8 Å². The van der Waals surface area contributed by atoms with E-state index in [1.165, 1.54) is 21.3 Å². The fourth-order valence-electron chi connectivity index (χ4n) is 3.24. The molecule has 0 fully saturated rings. The third kappa shape index (κ3) is 4.20. The predicted molar refractivity (Wildman–Crippen MR) is 109 cm³/mol. The van der Waals surface area contributed by atoms with Gasteiger partial charge in [-0.1, -0.05) is 38.1 Å². The molecule has 7 heteroatoms. The second-order valence-corrected chi connectivity index (χ2v) is 9.39. The lowest BCUT2D eigenvalue weighted by atomic mass is 10.0. The number of rotatable bonds is 6. The first kappa shape index (κ1) is 19.9. The summed E-state index contributed by atoms with van der Waals surface area (Å²) in [6, 6.07) is 14.3. The molecule has 1 aliphatic rings. The highest BCUT2D eigenvalue weighted by Crippen LogP contribution is 2.36. The predicted octanol–water partition coefficient (Wildman–Crippen LogP) is 3.68. The Morgan fingerprint density at radius 2 is 1.89 bits per heavy atom. The minimum atomic E-state index is -3.59. The van der Waals surface area contributed by atoms with E-state index < -0.39 is 10.0 Å². The molecule has 1 amide bonds. The molecule has 2 aromatic rings. The molecule has 0 bridgehead atoms. The average Bonchev–Trinajstić information content (AvgIpc) is 2.69. The number of carbonyl (C=O) groups is 1. The lowest BCUT2D eigenvalue weighted by Crippen LogP contribution is -2.32. The van der Waals surface area contributed by atoms with Gasteiger partial charge in [-0.2, -0.15) is 4.31 Å². The second kappa shape index (κ2) is 8.46. The van der Waals surface area contributed by atoms with Crippen molar-refractivity contribution in [1.29, 1.82) is 0 Å². The lowest BCUT2D eigenvalue weighted by Gasteiger charge is -2.26. The van der Waals surface area contributed by atoms with Gasteiger partial charge in [0.2, 0.25) is 10.0 Å². The minimum absolute atomic E-state index is 0.0574. The van der Waals surface area contributed by atoms with Gasteiger partial charge in [0.15, 0.2) is 0 Å². The molecule has 27 heavy (non-hydrogen) atoms. The van der Waals surface area contributed by atoms with Crippen LogP contribution in [0.1, 0.15) is 42.2 Å². The number of thioether (sulfide) groups is 1. The van der Waals surface area contributed by atoms with Crippen molar-refractivity contribution in [2.75, 3.05) is 18.8 Å². The fraction of sp³-hybridized carbons (Fsp3) is 0.350. The number of hydrogen-bond donors (Lipinski definition) is 1. The van der Waals surface area contributed by atoms with Gasteiger partial charge in [-0.15, -0.1) is 11.8 Å². The number of amides is 1. The Bertz CT molecular complexity index is 924. The summed E-state index contributed by atoms with van der Waals surface area (Å²) in [4.78, 5) is 14.1. The molecular formula is C20H24N2O3S2. The van der Waals surface area contributed by atoms with Crippen molar-refractivity contribution in [3.8, 4) is 0 Å². The van der Waals surface area contributed by atoms with Gasteiger partial charge in [-0.25, -0.2) is 8.42 Å². The van der Waals surface area contributed by atoms with Gasteiger partial charge in [0.1, 0.15) is 0 Å². The van der Waals surface area contributed by atoms with E-state index in [1.807, 2.05) is 18.2 Å². The third-order valence-electron chi connectivity index (χ3n) is 4.70. The van der Waals surface area contributed by atoms with Gasteiger partial charge in [0, 0.05) is 29.3 Å². The Labute approximate surface area is 165 Å². The highest BCUT2D eigenvalue weighted by atomic mass is 32.2. The molecule has 5 nitrogen and oxygen atoms in total. The third-order valence-corrected chi connectivity index (χ3v) is 7.87. The van der Waals surface area contributed by atoms with Crippen LogP contribution in [-0.4, -0.2) is 37.5 Å². The normalized spacial score (nSPS) is 16.8. The molecule has 0 aliphatic carbocycles. The second-order valence-electron chi connectivity index (χ2n) is 6.32. The van der Waals surface area contributed by atoms with Gasteiger partial charge in [-0.05, 0) is 36.2 Å². The smallest absolute Gasteiger partial charge is 0.251 e.